The predicted octanol–water partition coefficient (Wildman–Crippen LogP) is 4.77. The second-order valence-corrected chi connectivity index (χ2v) is 6.89. The first-order valence-corrected chi connectivity index (χ1v) is 8.70. The fourth-order valence-electron chi connectivity index (χ4n) is 3.19. The highest BCUT2D eigenvalue weighted by Gasteiger charge is 2.18. The summed E-state index contributed by atoms with van der Waals surface area (Å²) in [6, 6.07) is 6.09. The van der Waals surface area contributed by atoms with E-state index in [9.17, 15) is 4.79 Å². The van der Waals surface area contributed by atoms with Gasteiger partial charge in [-0.25, -0.2) is 0 Å². The molecule has 2 N–H and O–H groups in total. The molecule has 0 radical (unpaired) electrons. The number of anilines is 2. The minimum atomic E-state index is -0.0650. The molecule has 0 bridgehead atoms. The van der Waals surface area contributed by atoms with Gasteiger partial charge in [0.1, 0.15) is 0 Å². The van der Waals surface area contributed by atoms with Gasteiger partial charge in [0.25, 0.3) is 5.91 Å². The number of pyridine rings is 1. The summed E-state index contributed by atoms with van der Waals surface area (Å²) in [7, 11) is 0. The Morgan fingerprint density at radius 2 is 1.92 bits per heavy atom. The molecule has 0 spiro atoms. The molecule has 5 heteroatoms. The minimum Gasteiger partial charge on any atom is -0.353 e. The number of halogens is 1. The highest BCUT2D eigenvalue weighted by Crippen LogP contribution is 2.30. The van der Waals surface area contributed by atoms with Gasteiger partial charge in [-0.3, -0.25) is 9.78 Å². The summed E-state index contributed by atoms with van der Waals surface area (Å²) in [5.41, 5.74) is 4.33. The number of carbonyl (C=O) groups excluding carboxylic acids is 1. The minimum absolute atomic E-state index is 0.0650. The Hall–Kier alpha value is -2.07. The van der Waals surface area contributed by atoms with E-state index in [0.29, 0.717) is 16.6 Å². The average molecular weight is 344 g/mol. The summed E-state index contributed by atoms with van der Waals surface area (Å²) >= 11 is 6.34. The summed E-state index contributed by atoms with van der Waals surface area (Å²) in [4.78, 5) is 16.6. The van der Waals surface area contributed by atoms with E-state index in [-0.39, 0.29) is 5.91 Å². The van der Waals surface area contributed by atoms with Gasteiger partial charge in [-0.15, -0.1) is 0 Å². The number of hydrogen-bond donors (Lipinski definition) is 2. The highest BCUT2D eigenvalue weighted by atomic mass is 35.5. The number of aryl methyl sites for hydroxylation is 2. The lowest BCUT2D eigenvalue weighted by molar-refractivity contribution is 0.0937. The van der Waals surface area contributed by atoms with Crippen LogP contribution in [0.25, 0.3) is 0 Å². The summed E-state index contributed by atoms with van der Waals surface area (Å²) in [6.45, 7) is 4.02. The van der Waals surface area contributed by atoms with Crippen molar-refractivity contribution in [3.8, 4) is 0 Å². The van der Waals surface area contributed by atoms with Gasteiger partial charge in [-0.1, -0.05) is 30.5 Å². The van der Waals surface area contributed by atoms with Gasteiger partial charge in [-0.2, -0.15) is 0 Å². The van der Waals surface area contributed by atoms with E-state index >= 15 is 0 Å². The average Bonchev–Trinajstić information content (AvgIpc) is 3.04. The molecule has 0 saturated heterocycles. The van der Waals surface area contributed by atoms with Crippen molar-refractivity contribution in [1.29, 1.82) is 0 Å². The van der Waals surface area contributed by atoms with E-state index in [2.05, 4.69) is 21.7 Å². The van der Waals surface area contributed by atoms with Crippen LogP contribution < -0.4 is 10.6 Å². The Kier molecular flexibility index (Phi) is 5.05. The highest BCUT2D eigenvalue weighted by molar-refractivity contribution is 6.33. The maximum Gasteiger partial charge on any atom is 0.253 e. The first-order valence-electron chi connectivity index (χ1n) is 8.32. The molecule has 2 aromatic rings. The number of nitrogens with zero attached hydrogens (tertiary/aromatic N) is 1. The van der Waals surface area contributed by atoms with Crippen molar-refractivity contribution in [3.05, 3.63) is 52.3 Å². The number of aromatic nitrogens is 1. The van der Waals surface area contributed by atoms with Crippen molar-refractivity contribution in [1.82, 2.24) is 10.3 Å². The normalized spacial score (nSPS) is 14.6. The molecule has 1 fully saturated rings. The molecule has 1 aliphatic rings. The van der Waals surface area contributed by atoms with Crippen molar-refractivity contribution in [3.63, 3.8) is 0 Å². The number of benzene rings is 1. The topological polar surface area (TPSA) is 54.0 Å². The number of rotatable bonds is 4. The monoisotopic (exact) mass is 343 g/mol. The zero-order valence-electron chi connectivity index (χ0n) is 14.0. The third-order valence-corrected chi connectivity index (χ3v) is 4.69. The van der Waals surface area contributed by atoms with Crippen molar-refractivity contribution in [2.24, 2.45) is 0 Å². The molecule has 4 nitrogen and oxygen atoms in total. The Morgan fingerprint density at radius 1 is 1.17 bits per heavy atom. The van der Waals surface area contributed by atoms with Gasteiger partial charge in [-0.05, 0) is 49.9 Å². The zero-order valence-corrected chi connectivity index (χ0v) is 14.8. The lowest BCUT2D eigenvalue weighted by Crippen LogP contribution is -2.32. The van der Waals surface area contributed by atoms with Crippen molar-refractivity contribution < 1.29 is 4.79 Å². The van der Waals surface area contributed by atoms with Gasteiger partial charge >= 0.3 is 0 Å². The van der Waals surface area contributed by atoms with Crippen LogP contribution >= 0.6 is 11.6 Å². The van der Waals surface area contributed by atoms with Crippen molar-refractivity contribution >= 4 is 28.9 Å². The molecule has 1 heterocycles. The lowest BCUT2D eigenvalue weighted by atomic mass is 10.1. The Bertz CT molecular complexity index is 731. The smallest absolute Gasteiger partial charge is 0.253 e. The Labute approximate surface area is 147 Å². The van der Waals surface area contributed by atoms with Gasteiger partial charge in [0.15, 0.2) is 0 Å². The third-order valence-electron chi connectivity index (χ3n) is 4.39. The van der Waals surface area contributed by atoms with Gasteiger partial charge < -0.3 is 10.6 Å². The predicted molar refractivity (Wildman–Crippen MR) is 98.2 cm³/mol. The number of hydrogen-bond acceptors (Lipinski definition) is 3. The van der Waals surface area contributed by atoms with Crippen LogP contribution in [0.3, 0.4) is 0 Å². The van der Waals surface area contributed by atoms with E-state index in [1.54, 1.807) is 12.4 Å². The molecule has 1 aromatic heterocycles. The van der Waals surface area contributed by atoms with Crippen LogP contribution in [0.1, 0.15) is 47.2 Å². The van der Waals surface area contributed by atoms with E-state index in [0.717, 1.165) is 35.3 Å². The summed E-state index contributed by atoms with van der Waals surface area (Å²) < 4.78 is 0. The molecule has 24 heavy (non-hydrogen) atoms. The molecule has 0 aliphatic heterocycles. The second-order valence-electron chi connectivity index (χ2n) is 6.48. The lowest BCUT2D eigenvalue weighted by Gasteiger charge is -2.14. The quantitative estimate of drug-likeness (QED) is 0.840. The molecule has 1 amide bonds. The SMILES string of the molecule is Cc1cc(C)c(Nc2cncc(C(=O)NC3CCCC3)c2)c(Cl)c1. The van der Waals surface area contributed by atoms with Crippen LogP contribution in [0.2, 0.25) is 5.02 Å². The van der Waals surface area contributed by atoms with E-state index < -0.39 is 0 Å². The molecule has 1 saturated carbocycles. The first-order chi connectivity index (χ1) is 11.5. The number of carbonyl (C=O) groups is 1. The summed E-state index contributed by atoms with van der Waals surface area (Å²) in [5.74, 6) is -0.0650. The summed E-state index contributed by atoms with van der Waals surface area (Å²) in [6.07, 6.45) is 7.80. The third kappa shape index (κ3) is 3.88. The van der Waals surface area contributed by atoms with Gasteiger partial charge in [0.05, 0.1) is 28.2 Å². The number of nitrogens with one attached hydrogen (secondary N) is 2. The second kappa shape index (κ2) is 7.22. The van der Waals surface area contributed by atoms with Gasteiger partial charge in [0, 0.05) is 12.2 Å². The van der Waals surface area contributed by atoms with Crippen LogP contribution in [0, 0.1) is 13.8 Å². The van der Waals surface area contributed by atoms with Crippen LogP contribution in [-0.2, 0) is 0 Å². The maximum absolute atomic E-state index is 12.4. The van der Waals surface area contributed by atoms with Crippen molar-refractivity contribution in [2.75, 3.05) is 5.32 Å². The van der Waals surface area contributed by atoms with E-state index in [4.69, 9.17) is 11.6 Å². The molecule has 0 atom stereocenters. The molecule has 0 unspecified atom stereocenters. The van der Waals surface area contributed by atoms with Crippen LogP contribution in [-0.4, -0.2) is 16.9 Å². The molecule has 3 rings (SSSR count). The Balaban J connectivity index is 1.77. The fourth-order valence-corrected chi connectivity index (χ4v) is 3.56. The largest absolute Gasteiger partial charge is 0.353 e. The number of amides is 1. The van der Waals surface area contributed by atoms with Gasteiger partial charge in [0.2, 0.25) is 0 Å². The zero-order chi connectivity index (χ0) is 17.1. The standard InChI is InChI=1S/C19H22ClN3O/c1-12-7-13(2)18(17(20)8-12)22-16-9-14(10-21-11-16)19(24)23-15-5-3-4-6-15/h7-11,15,22H,3-6H2,1-2H3,(H,23,24). The molecule has 1 aliphatic carbocycles. The molecular weight excluding hydrogens is 322 g/mol. The first kappa shape index (κ1) is 16.8. The fraction of sp³-hybridized carbons (Fsp3) is 0.368. The summed E-state index contributed by atoms with van der Waals surface area (Å²) in [5, 5.41) is 7.03. The maximum atomic E-state index is 12.4. The molecule has 126 valence electrons. The van der Waals surface area contributed by atoms with Crippen LogP contribution in [0.4, 0.5) is 11.4 Å². The molecular formula is C19H22ClN3O. The van der Waals surface area contributed by atoms with E-state index in [1.165, 1.54) is 12.8 Å². The van der Waals surface area contributed by atoms with Crippen molar-refractivity contribution in [2.45, 2.75) is 45.6 Å². The van der Waals surface area contributed by atoms with Crippen LogP contribution in [0.5, 0.6) is 0 Å². The Morgan fingerprint density at radius 3 is 2.62 bits per heavy atom. The van der Waals surface area contributed by atoms with E-state index in [1.807, 2.05) is 26.0 Å². The molecule has 1 aromatic carbocycles. The van der Waals surface area contributed by atoms with Crippen LogP contribution in [0.15, 0.2) is 30.6 Å².